The van der Waals surface area contributed by atoms with Gasteiger partial charge in [-0.1, -0.05) is 18.2 Å². The molecule has 1 aromatic heterocycles. The predicted molar refractivity (Wildman–Crippen MR) is 111 cm³/mol. The molecule has 2 aromatic rings. The third-order valence-electron chi connectivity index (χ3n) is 6.51. The lowest BCUT2D eigenvalue weighted by Gasteiger charge is -2.38. The molecule has 0 saturated carbocycles. The Morgan fingerprint density at radius 3 is 2.43 bits per heavy atom. The van der Waals surface area contributed by atoms with Crippen molar-refractivity contribution in [2.24, 2.45) is 5.92 Å². The number of rotatable bonds is 4. The van der Waals surface area contributed by atoms with Crippen LogP contribution in [0.5, 0.6) is 0 Å². The van der Waals surface area contributed by atoms with Gasteiger partial charge in [-0.3, -0.25) is 14.9 Å². The fourth-order valence-corrected chi connectivity index (χ4v) is 4.56. The van der Waals surface area contributed by atoms with Crippen LogP contribution in [0.3, 0.4) is 0 Å². The molecule has 2 aliphatic heterocycles. The molecule has 2 fully saturated rings. The number of carbonyl (C=O) groups is 3. The maximum atomic E-state index is 13.0. The summed E-state index contributed by atoms with van der Waals surface area (Å²) in [6.45, 7) is 6.84. The fourth-order valence-electron chi connectivity index (χ4n) is 4.56. The SMILES string of the molecule is Cc1nn(-c2ccccc2)c(C)c1CC(=O)N1CCC(C2(C)NC(=O)NC2=O)CC1. The zero-order valence-electron chi connectivity index (χ0n) is 17.6. The molecule has 2 N–H and O–H groups in total. The summed E-state index contributed by atoms with van der Waals surface area (Å²) in [4.78, 5) is 38.5. The Bertz CT molecular complexity index is 992. The van der Waals surface area contributed by atoms with Crippen LogP contribution in [-0.4, -0.2) is 51.2 Å². The van der Waals surface area contributed by atoms with E-state index in [0.29, 0.717) is 32.4 Å². The quantitative estimate of drug-likeness (QED) is 0.754. The monoisotopic (exact) mass is 409 g/mol. The highest BCUT2D eigenvalue weighted by atomic mass is 16.2. The smallest absolute Gasteiger partial charge is 0.322 e. The van der Waals surface area contributed by atoms with Crippen LogP contribution in [0.2, 0.25) is 0 Å². The zero-order chi connectivity index (χ0) is 21.5. The van der Waals surface area contributed by atoms with Crippen molar-refractivity contribution in [2.75, 3.05) is 13.1 Å². The minimum Gasteiger partial charge on any atom is -0.342 e. The summed E-state index contributed by atoms with van der Waals surface area (Å²) in [6.07, 6.45) is 1.66. The van der Waals surface area contributed by atoms with Crippen LogP contribution >= 0.6 is 0 Å². The van der Waals surface area contributed by atoms with Crippen LogP contribution in [0.25, 0.3) is 5.69 Å². The highest BCUT2D eigenvalue weighted by Crippen LogP contribution is 2.31. The molecule has 30 heavy (non-hydrogen) atoms. The van der Waals surface area contributed by atoms with E-state index in [1.807, 2.05) is 53.8 Å². The van der Waals surface area contributed by atoms with Crippen LogP contribution in [0, 0.1) is 19.8 Å². The molecule has 158 valence electrons. The normalized spacial score (nSPS) is 22.2. The van der Waals surface area contributed by atoms with Crippen LogP contribution in [0.4, 0.5) is 4.79 Å². The molecule has 8 nitrogen and oxygen atoms in total. The Hall–Kier alpha value is -3.16. The van der Waals surface area contributed by atoms with Crippen molar-refractivity contribution >= 4 is 17.8 Å². The predicted octanol–water partition coefficient (Wildman–Crippen LogP) is 1.87. The summed E-state index contributed by atoms with van der Waals surface area (Å²) in [5.74, 6) is -0.202. The van der Waals surface area contributed by atoms with E-state index in [1.165, 1.54) is 0 Å². The molecule has 4 rings (SSSR count). The van der Waals surface area contributed by atoms with Crippen LogP contribution < -0.4 is 10.6 Å². The number of aromatic nitrogens is 2. The van der Waals surface area contributed by atoms with Gasteiger partial charge in [0.1, 0.15) is 5.54 Å². The van der Waals surface area contributed by atoms with Gasteiger partial charge >= 0.3 is 6.03 Å². The standard InChI is InChI=1S/C22H27N5O3/c1-14-18(15(2)27(25-14)17-7-5-4-6-8-17)13-19(28)26-11-9-16(10-12-26)22(3)20(29)23-21(30)24-22/h4-8,16H,9-13H2,1-3H3,(H2,23,24,29,30). The van der Waals surface area contributed by atoms with Crippen molar-refractivity contribution < 1.29 is 14.4 Å². The third-order valence-corrected chi connectivity index (χ3v) is 6.51. The first-order chi connectivity index (χ1) is 14.3. The van der Waals surface area contributed by atoms with E-state index in [2.05, 4.69) is 15.7 Å². The number of hydrogen-bond acceptors (Lipinski definition) is 4. The number of amides is 4. The number of benzene rings is 1. The minimum absolute atomic E-state index is 0.0114. The molecule has 4 amide bonds. The third kappa shape index (κ3) is 3.46. The molecule has 1 unspecified atom stereocenters. The molecule has 0 aliphatic carbocycles. The molecule has 2 aliphatic rings. The molecular weight excluding hydrogens is 382 g/mol. The maximum Gasteiger partial charge on any atom is 0.322 e. The molecule has 0 bridgehead atoms. The lowest BCUT2D eigenvalue weighted by Crippen LogP contribution is -2.54. The molecular formula is C22H27N5O3. The zero-order valence-corrected chi connectivity index (χ0v) is 17.6. The topological polar surface area (TPSA) is 96.3 Å². The molecule has 2 saturated heterocycles. The van der Waals surface area contributed by atoms with E-state index in [-0.39, 0.29) is 17.7 Å². The Morgan fingerprint density at radius 2 is 1.83 bits per heavy atom. The van der Waals surface area contributed by atoms with Crippen molar-refractivity contribution in [1.29, 1.82) is 0 Å². The number of nitrogens with zero attached hydrogens (tertiary/aromatic N) is 3. The summed E-state index contributed by atoms with van der Waals surface area (Å²) < 4.78 is 1.88. The summed E-state index contributed by atoms with van der Waals surface area (Å²) in [5, 5.41) is 9.70. The molecule has 1 atom stereocenters. The highest BCUT2D eigenvalue weighted by molar-refractivity contribution is 6.07. The molecule has 1 aromatic carbocycles. The maximum absolute atomic E-state index is 13.0. The number of para-hydroxylation sites is 1. The van der Waals surface area contributed by atoms with E-state index in [1.54, 1.807) is 6.92 Å². The van der Waals surface area contributed by atoms with Crippen molar-refractivity contribution in [1.82, 2.24) is 25.3 Å². The van der Waals surface area contributed by atoms with Crippen molar-refractivity contribution in [3.63, 3.8) is 0 Å². The van der Waals surface area contributed by atoms with Gasteiger partial charge in [0.2, 0.25) is 5.91 Å². The van der Waals surface area contributed by atoms with Crippen molar-refractivity contribution in [2.45, 2.75) is 45.6 Å². The van der Waals surface area contributed by atoms with E-state index in [9.17, 15) is 14.4 Å². The van der Waals surface area contributed by atoms with E-state index in [0.717, 1.165) is 22.6 Å². The second-order valence-corrected chi connectivity index (χ2v) is 8.34. The van der Waals surface area contributed by atoms with Gasteiger partial charge in [-0.25, -0.2) is 9.48 Å². The van der Waals surface area contributed by atoms with Crippen molar-refractivity contribution in [3.05, 3.63) is 47.3 Å². The number of nitrogens with one attached hydrogen (secondary N) is 2. The van der Waals surface area contributed by atoms with Gasteiger partial charge in [0, 0.05) is 24.3 Å². The molecule has 0 radical (unpaired) electrons. The Labute approximate surface area is 175 Å². The van der Waals surface area contributed by atoms with Gasteiger partial charge in [-0.2, -0.15) is 5.10 Å². The van der Waals surface area contributed by atoms with Crippen LogP contribution in [0.1, 0.15) is 36.7 Å². The van der Waals surface area contributed by atoms with Gasteiger partial charge in [0.05, 0.1) is 17.8 Å². The first-order valence-electron chi connectivity index (χ1n) is 10.3. The van der Waals surface area contributed by atoms with Crippen LogP contribution in [0.15, 0.2) is 30.3 Å². The van der Waals surface area contributed by atoms with E-state index >= 15 is 0 Å². The van der Waals surface area contributed by atoms with Crippen LogP contribution in [-0.2, 0) is 16.0 Å². The number of urea groups is 1. The van der Waals surface area contributed by atoms with Gasteiger partial charge in [0.15, 0.2) is 0 Å². The largest absolute Gasteiger partial charge is 0.342 e. The number of carbonyl (C=O) groups excluding carboxylic acids is 3. The average Bonchev–Trinajstić information content (AvgIpc) is 3.17. The van der Waals surface area contributed by atoms with Gasteiger partial charge < -0.3 is 10.2 Å². The number of likely N-dealkylation sites (tertiary alicyclic amines) is 1. The Balaban J connectivity index is 1.42. The Morgan fingerprint density at radius 1 is 1.17 bits per heavy atom. The minimum atomic E-state index is -0.893. The number of imide groups is 1. The summed E-state index contributed by atoms with van der Waals surface area (Å²) in [5.41, 5.74) is 2.87. The van der Waals surface area contributed by atoms with E-state index in [4.69, 9.17) is 0 Å². The van der Waals surface area contributed by atoms with Crippen molar-refractivity contribution in [3.8, 4) is 5.69 Å². The fraction of sp³-hybridized carbons (Fsp3) is 0.455. The summed E-state index contributed by atoms with van der Waals surface area (Å²) >= 11 is 0. The lowest BCUT2D eigenvalue weighted by molar-refractivity contribution is -0.133. The molecule has 3 heterocycles. The second-order valence-electron chi connectivity index (χ2n) is 8.34. The average molecular weight is 409 g/mol. The molecule has 8 heteroatoms. The number of piperidine rings is 1. The number of hydrogen-bond donors (Lipinski definition) is 2. The molecule has 0 spiro atoms. The Kier molecular flexibility index (Phi) is 5.09. The van der Waals surface area contributed by atoms with E-state index < -0.39 is 11.6 Å². The van der Waals surface area contributed by atoms with Gasteiger partial charge in [0.25, 0.3) is 5.91 Å². The number of aryl methyl sites for hydroxylation is 1. The lowest BCUT2D eigenvalue weighted by atomic mass is 9.79. The second kappa shape index (κ2) is 7.59. The van der Waals surface area contributed by atoms with Gasteiger partial charge in [-0.15, -0.1) is 0 Å². The van der Waals surface area contributed by atoms with Gasteiger partial charge in [-0.05, 0) is 51.7 Å². The summed E-state index contributed by atoms with van der Waals surface area (Å²) in [6, 6.07) is 9.44. The highest BCUT2D eigenvalue weighted by Gasteiger charge is 2.48. The first kappa shape index (κ1) is 20.1. The summed E-state index contributed by atoms with van der Waals surface area (Å²) in [7, 11) is 0. The first-order valence-corrected chi connectivity index (χ1v) is 10.3.